The quantitative estimate of drug-likeness (QED) is 0.176. The normalized spacial score (nSPS) is 11.3. The minimum atomic E-state index is -0.140. The molecule has 0 aromatic heterocycles. The van der Waals surface area contributed by atoms with Crippen LogP contribution in [0.25, 0.3) is 0 Å². The molecule has 0 bridgehead atoms. The number of ether oxygens (including phenoxy) is 5. The molecule has 0 aliphatic carbocycles. The fourth-order valence-corrected chi connectivity index (χ4v) is 2.55. The van der Waals surface area contributed by atoms with Gasteiger partial charge in [0.2, 0.25) is 0 Å². The lowest BCUT2D eigenvalue weighted by Gasteiger charge is -2.08. The molecule has 0 radical (unpaired) electrons. The van der Waals surface area contributed by atoms with Gasteiger partial charge in [0, 0.05) is 19.6 Å². The van der Waals surface area contributed by atoms with Crippen LogP contribution in [0, 0.1) is 5.92 Å². The summed E-state index contributed by atoms with van der Waals surface area (Å²) in [6.07, 6.45) is 9.72. The molecule has 0 N–H and O–H groups in total. The number of hydrogen-bond donors (Lipinski definition) is 0. The molecule has 0 aromatic rings. The number of carbonyl (C=O) groups is 1. The summed E-state index contributed by atoms with van der Waals surface area (Å²) in [4.78, 5) is 11.5. The zero-order chi connectivity index (χ0) is 21.4. The van der Waals surface area contributed by atoms with Crippen molar-refractivity contribution < 1.29 is 28.5 Å². The van der Waals surface area contributed by atoms with E-state index in [1.54, 1.807) is 0 Å². The van der Waals surface area contributed by atoms with Crippen LogP contribution in [0.4, 0.5) is 0 Å². The molecule has 0 spiro atoms. The summed E-state index contributed by atoms with van der Waals surface area (Å²) in [6, 6.07) is 0. The summed E-state index contributed by atoms with van der Waals surface area (Å²) in [7, 11) is 0. The lowest BCUT2D eigenvalue weighted by atomic mass is 10.1. The minimum absolute atomic E-state index is 0.140. The summed E-state index contributed by atoms with van der Waals surface area (Å²) in [5.74, 6) is 0.415. The molecule has 6 nitrogen and oxygen atoms in total. The second-order valence-electron chi connectivity index (χ2n) is 7.72. The molecule has 0 fully saturated rings. The Morgan fingerprint density at radius 3 is 1.66 bits per heavy atom. The maximum atomic E-state index is 11.5. The first kappa shape index (κ1) is 28.3. The summed E-state index contributed by atoms with van der Waals surface area (Å²) >= 11 is 0. The molecule has 0 aliphatic rings. The van der Waals surface area contributed by atoms with Gasteiger partial charge in [-0.1, -0.05) is 52.9 Å². The zero-order valence-corrected chi connectivity index (χ0v) is 19.3. The molecular formula is C23H46O6. The largest absolute Gasteiger partial charge is 0.466 e. The van der Waals surface area contributed by atoms with Gasteiger partial charge in [0.15, 0.2) is 0 Å². The molecule has 29 heavy (non-hydrogen) atoms. The Bertz CT molecular complexity index is 335. The van der Waals surface area contributed by atoms with Gasteiger partial charge < -0.3 is 23.7 Å². The monoisotopic (exact) mass is 418 g/mol. The fourth-order valence-electron chi connectivity index (χ4n) is 2.55. The maximum absolute atomic E-state index is 11.5. The van der Waals surface area contributed by atoms with E-state index in [2.05, 4.69) is 20.8 Å². The highest BCUT2D eigenvalue weighted by Crippen LogP contribution is 2.04. The van der Waals surface area contributed by atoms with Crippen LogP contribution in [0.2, 0.25) is 0 Å². The van der Waals surface area contributed by atoms with Gasteiger partial charge in [-0.25, -0.2) is 0 Å². The zero-order valence-electron chi connectivity index (χ0n) is 19.3. The van der Waals surface area contributed by atoms with Crippen molar-refractivity contribution in [1.82, 2.24) is 0 Å². The lowest BCUT2D eigenvalue weighted by molar-refractivity contribution is -0.144. The van der Waals surface area contributed by atoms with Gasteiger partial charge in [-0.15, -0.1) is 0 Å². The first-order chi connectivity index (χ1) is 14.2. The Morgan fingerprint density at radius 1 is 0.621 bits per heavy atom. The lowest BCUT2D eigenvalue weighted by Crippen LogP contribution is -2.13. The number of hydrogen-bond acceptors (Lipinski definition) is 6. The summed E-state index contributed by atoms with van der Waals surface area (Å²) in [5, 5.41) is 0. The highest BCUT2D eigenvalue weighted by Gasteiger charge is 2.03. The van der Waals surface area contributed by atoms with Crippen LogP contribution in [0.15, 0.2) is 0 Å². The molecule has 0 rings (SSSR count). The highest BCUT2D eigenvalue weighted by molar-refractivity contribution is 5.69. The fraction of sp³-hybridized carbons (Fsp3) is 0.957. The predicted molar refractivity (Wildman–Crippen MR) is 116 cm³/mol. The number of carbonyl (C=O) groups excluding carboxylic acids is 1. The Hall–Kier alpha value is -0.690. The van der Waals surface area contributed by atoms with Crippen LogP contribution >= 0.6 is 0 Å². The standard InChI is InChI=1S/C23H46O6/c1-4-5-6-7-8-9-13-25-16-18-27-20-21-28-19-17-26-14-10-11-23(24)29-15-12-22(2)3/h22H,4-21H2,1-3H3. The molecule has 0 unspecified atom stereocenters. The van der Waals surface area contributed by atoms with Crippen LogP contribution in [0.5, 0.6) is 0 Å². The Balaban J connectivity index is 3.09. The van der Waals surface area contributed by atoms with Gasteiger partial charge in [0.05, 0.1) is 46.2 Å². The van der Waals surface area contributed by atoms with Gasteiger partial charge in [-0.2, -0.15) is 0 Å². The van der Waals surface area contributed by atoms with Gasteiger partial charge in [0.1, 0.15) is 0 Å². The van der Waals surface area contributed by atoms with E-state index in [0.29, 0.717) is 71.6 Å². The van der Waals surface area contributed by atoms with Crippen molar-refractivity contribution >= 4 is 5.97 Å². The molecule has 0 saturated heterocycles. The van der Waals surface area contributed by atoms with Crippen molar-refractivity contribution in [3.05, 3.63) is 0 Å². The maximum Gasteiger partial charge on any atom is 0.305 e. The average molecular weight is 419 g/mol. The van der Waals surface area contributed by atoms with Crippen molar-refractivity contribution in [2.45, 2.75) is 78.6 Å². The van der Waals surface area contributed by atoms with E-state index in [9.17, 15) is 4.79 Å². The third-order valence-corrected chi connectivity index (χ3v) is 4.39. The first-order valence-corrected chi connectivity index (χ1v) is 11.6. The number of unbranched alkanes of at least 4 members (excludes halogenated alkanes) is 5. The molecule has 0 atom stereocenters. The third-order valence-electron chi connectivity index (χ3n) is 4.39. The van der Waals surface area contributed by atoms with Gasteiger partial charge >= 0.3 is 5.97 Å². The van der Waals surface area contributed by atoms with Gasteiger partial charge in [-0.3, -0.25) is 4.79 Å². The van der Waals surface area contributed by atoms with Crippen molar-refractivity contribution in [3.63, 3.8) is 0 Å². The SMILES string of the molecule is CCCCCCCCOCCOCCOCCOCCCC(=O)OCCC(C)C. The Kier molecular flexibility index (Phi) is 23.0. The van der Waals surface area contributed by atoms with E-state index in [1.807, 2.05) is 0 Å². The van der Waals surface area contributed by atoms with Crippen molar-refractivity contribution in [2.75, 3.05) is 59.5 Å². The smallest absolute Gasteiger partial charge is 0.305 e. The second-order valence-corrected chi connectivity index (χ2v) is 7.72. The molecule has 0 aromatic carbocycles. The molecule has 0 saturated carbocycles. The molecule has 6 heteroatoms. The van der Waals surface area contributed by atoms with Gasteiger partial charge in [-0.05, 0) is 25.2 Å². The van der Waals surface area contributed by atoms with Crippen molar-refractivity contribution in [2.24, 2.45) is 5.92 Å². The number of rotatable bonds is 23. The van der Waals surface area contributed by atoms with E-state index in [0.717, 1.165) is 19.4 Å². The summed E-state index contributed by atoms with van der Waals surface area (Å²) < 4.78 is 27.1. The molecule has 0 aliphatic heterocycles. The molecule has 0 heterocycles. The highest BCUT2D eigenvalue weighted by atomic mass is 16.6. The Morgan fingerprint density at radius 2 is 1.10 bits per heavy atom. The number of esters is 1. The second kappa shape index (κ2) is 23.6. The molecule has 174 valence electrons. The van der Waals surface area contributed by atoms with E-state index in [1.165, 1.54) is 32.1 Å². The first-order valence-electron chi connectivity index (χ1n) is 11.6. The van der Waals surface area contributed by atoms with E-state index < -0.39 is 0 Å². The van der Waals surface area contributed by atoms with E-state index in [-0.39, 0.29) is 5.97 Å². The predicted octanol–water partition coefficient (Wildman–Crippen LogP) is 4.78. The third kappa shape index (κ3) is 25.3. The molecular weight excluding hydrogens is 372 g/mol. The average Bonchev–Trinajstić information content (AvgIpc) is 2.69. The van der Waals surface area contributed by atoms with Crippen LogP contribution in [-0.2, 0) is 28.5 Å². The minimum Gasteiger partial charge on any atom is -0.466 e. The topological polar surface area (TPSA) is 63.2 Å². The van der Waals surface area contributed by atoms with Crippen LogP contribution in [0.3, 0.4) is 0 Å². The van der Waals surface area contributed by atoms with Crippen LogP contribution in [0.1, 0.15) is 78.6 Å². The summed E-state index contributed by atoms with van der Waals surface area (Å²) in [5.41, 5.74) is 0. The van der Waals surface area contributed by atoms with Crippen LogP contribution in [-0.4, -0.2) is 65.4 Å². The van der Waals surface area contributed by atoms with E-state index in [4.69, 9.17) is 23.7 Å². The van der Waals surface area contributed by atoms with Gasteiger partial charge in [0.25, 0.3) is 0 Å². The Labute approximate surface area is 178 Å². The van der Waals surface area contributed by atoms with E-state index >= 15 is 0 Å². The van der Waals surface area contributed by atoms with Crippen molar-refractivity contribution in [1.29, 1.82) is 0 Å². The molecule has 0 amide bonds. The summed E-state index contributed by atoms with van der Waals surface area (Å²) in [6.45, 7) is 11.8. The van der Waals surface area contributed by atoms with Crippen LogP contribution < -0.4 is 0 Å². The van der Waals surface area contributed by atoms with Crippen molar-refractivity contribution in [3.8, 4) is 0 Å².